The molecule has 0 spiro atoms. The number of aliphatic hydroxyl groups is 1. The molecule has 1 aromatic carbocycles. The van der Waals surface area contributed by atoms with Crippen LogP contribution < -0.4 is 5.73 Å². The van der Waals surface area contributed by atoms with E-state index in [2.05, 4.69) is 0 Å². The quantitative estimate of drug-likeness (QED) is 0.814. The minimum absolute atomic E-state index is 0.170. The summed E-state index contributed by atoms with van der Waals surface area (Å²) in [4.78, 5) is 2.02. The second kappa shape index (κ2) is 6.83. The molecule has 2 atom stereocenters. The van der Waals surface area contributed by atoms with E-state index < -0.39 is 0 Å². The van der Waals surface area contributed by atoms with Crippen molar-refractivity contribution in [1.29, 1.82) is 0 Å². The van der Waals surface area contributed by atoms with Gasteiger partial charge in [0.2, 0.25) is 0 Å². The summed E-state index contributed by atoms with van der Waals surface area (Å²) in [5.74, 6) is -0.208. The fraction of sp³-hybridized carbons (Fsp3) is 0.571. The highest BCUT2D eigenvalue weighted by Gasteiger charge is 2.10. The topological polar surface area (TPSA) is 49.5 Å². The molecule has 0 aliphatic rings. The van der Waals surface area contributed by atoms with Crippen LogP contribution in [-0.4, -0.2) is 36.2 Å². The van der Waals surface area contributed by atoms with Crippen LogP contribution in [0.15, 0.2) is 18.2 Å². The first-order valence-electron chi connectivity index (χ1n) is 6.28. The van der Waals surface area contributed by atoms with Crippen molar-refractivity contribution in [3.05, 3.63) is 35.1 Å². The Balaban J connectivity index is 2.49. The number of nitrogens with zero attached hydrogens (tertiary/aromatic N) is 1. The highest BCUT2D eigenvalue weighted by Crippen LogP contribution is 2.17. The lowest BCUT2D eigenvalue weighted by Crippen LogP contribution is -2.30. The molecule has 1 aromatic rings. The minimum atomic E-state index is -0.344. The number of nitrogens with two attached hydrogens (primary N) is 1. The molecule has 102 valence electrons. The predicted molar refractivity (Wildman–Crippen MR) is 71.9 cm³/mol. The minimum Gasteiger partial charge on any atom is -0.392 e. The second-order valence-electron chi connectivity index (χ2n) is 5.02. The molecular formula is C14H23FN2O. The molecule has 1 rings (SSSR count). The summed E-state index contributed by atoms with van der Waals surface area (Å²) in [6.45, 7) is 4.89. The van der Waals surface area contributed by atoms with Crippen LogP contribution in [0, 0.1) is 12.7 Å². The molecular weight excluding hydrogens is 231 g/mol. The van der Waals surface area contributed by atoms with Crippen LogP contribution in [0.5, 0.6) is 0 Å². The summed E-state index contributed by atoms with van der Waals surface area (Å²) >= 11 is 0. The van der Waals surface area contributed by atoms with Gasteiger partial charge in [-0.25, -0.2) is 4.39 Å². The van der Waals surface area contributed by atoms with Gasteiger partial charge < -0.3 is 15.7 Å². The average molecular weight is 254 g/mol. The van der Waals surface area contributed by atoms with E-state index in [1.165, 1.54) is 6.07 Å². The lowest BCUT2D eigenvalue weighted by atomic mass is 10.0. The van der Waals surface area contributed by atoms with Crippen molar-refractivity contribution in [1.82, 2.24) is 4.90 Å². The zero-order valence-corrected chi connectivity index (χ0v) is 11.4. The highest BCUT2D eigenvalue weighted by molar-refractivity contribution is 5.25. The Kier molecular flexibility index (Phi) is 5.72. The van der Waals surface area contributed by atoms with E-state index >= 15 is 0 Å². The molecule has 0 amide bonds. The standard InChI is InChI=1S/C14H23FN2O/c1-10-4-5-12(8-13(10)15)14(16)6-7-17(3)9-11(2)18/h4-5,8,11,14,18H,6-7,9,16H2,1-3H3. The van der Waals surface area contributed by atoms with Gasteiger partial charge in [0.15, 0.2) is 0 Å². The smallest absolute Gasteiger partial charge is 0.126 e. The van der Waals surface area contributed by atoms with Crippen molar-refractivity contribution in [2.45, 2.75) is 32.4 Å². The van der Waals surface area contributed by atoms with E-state index in [1.807, 2.05) is 18.0 Å². The summed E-state index contributed by atoms with van der Waals surface area (Å²) in [5.41, 5.74) is 7.50. The van der Waals surface area contributed by atoms with Crippen molar-refractivity contribution < 1.29 is 9.50 Å². The van der Waals surface area contributed by atoms with Gasteiger partial charge in [0, 0.05) is 12.6 Å². The van der Waals surface area contributed by atoms with Gasteiger partial charge in [-0.15, -0.1) is 0 Å². The normalized spacial score (nSPS) is 14.8. The SMILES string of the molecule is Cc1ccc(C(N)CCN(C)CC(C)O)cc1F. The summed E-state index contributed by atoms with van der Waals surface area (Å²) in [6.07, 6.45) is 0.397. The van der Waals surface area contributed by atoms with Crippen molar-refractivity contribution >= 4 is 0 Å². The number of aliphatic hydroxyl groups excluding tert-OH is 1. The first-order chi connectivity index (χ1) is 8.40. The van der Waals surface area contributed by atoms with Crippen LogP contribution in [-0.2, 0) is 0 Å². The third-order valence-corrected chi connectivity index (χ3v) is 3.02. The van der Waals surface area contributed by atoms with Crippen molar-refractivity contribution in [2.75, 3.05) is 20.1 Å². The maximum absolute atomic E-state index is 13.4. The van der Waals surface area contributed by atoms with Gasteiger partial charge in [-0.3, -0.25) is 0 Å². The van der Waals surface area contributed by atoms with E-state index in [-0.39, 0.29) is 18.0 Å². The third-order valence-electron chi connectivity index (χ3n) is 3.02. The van der Waals surface area contributed by atoms with Gasteiger partial charge in [0.1, 0.15) is 5.82 Å². The molecule has 0 aromatic heterocycles. The van der Waals surface area contributed by atoms with Crippen LogP contribution in [0.4, 0.5) is 4.39 Å². The number of hydrogen-bond acceptors (Lipinski definition) is 3. The molecule has 0 heterocycles. The molecule has 18 heavy (non-hydrogen) atoms. The number of hydrogen-bond donors (Lipinski definition) is 2. The number of likely N-dealkylation sites (N-methyl/N-ethyl adjacent to an activating group) is 1. The van der Waals surface area contributed by atoms with Gasteiger partial charge in [0.05, 0.1) is 6.10 Å². The zero-order chi connectivity index (χ0) is 13.7. The Morgan fingerprint density at radius 2 is 2.11 bits per heavy atom. The highest BCUT2D eigenvalue weighted by atomic mass is 19.1. The van der Waals surface area contributed by atoms with Crippen LogP contribution in [0.25, 0.3) is 0 Å². The summed E-state index contributed by atoms with van der Waals surface area (Å²) in [7, 11) is 1.94. The van der Waals surface area contributed by atoms with Gasteiger partial charge in [0.25, 0.3) is 0 Å². The van der Waals surface area contributed by atoms with Gasteiger partial charge in [-0.05, 0) is 51.1 Å². The Morgan fingerprint density at radius 3 is 2.67 bits per heavy atom. The van der Waals surface area contributed by atoms with E-state index in [1.54, 1.807) is 19.9 Å². The Labute approximate surface area is 108 Å². The van der Waals surface area contributed by atoms with Crippen LogP contribution >= 0.6 is 0 Å². The van der Waals surface area contributed by atoms with E-state index in [9.17, 15) is 9.50 Å². The maximum Gasteiger partial charge on any atom is 0.126 e. The molecule has 2 unspecified atom stereocenters. The third kappa shape index (κ3) is 4.72. The van der Waals surface area contributed by atoms with Crippen molar-refractivity contribution in [2.24, 2.45) is 5.73 Å². The van der Waals surface area contributed by atoms with Crippen LogP contribution in [0.3, 0.4) is 0 Å². The number of aryl methyl sites for hydroxylation is 1. The number of halogens is 1. The average Bonchev–Trinajstić information content (AvgIpc) is 2.28. The van der Waals surface area contributed by atoms with Crippen LogP contribution in [0.2, 0.25) is 0 Å². The molecule has 3 nitrogen and oxygen atoms in total. The van der Waals surface area contributed by atoms with Gasteiger partial charge in [-0.1, -0.05) is 12.1 Å². The Bertz CT molecular complexity index is 382. The maximum atomic E-state index is 13.4. The van der Waals surface area contributed by atoms with E-state index in [4.69, 9.17) is 5.73 Å². The first kappa shape index (κ1) is 15.1. The summed E-state index contributed by atoms with van der Waals surface area (Å²) in [6, 6.07) is 4.97. The second-order valence-corrected chi connectivity index (χ2v) is 5.02. The first-order valence-corrected chi connectivity index (χ1v) is 6.28. The molecule has 0 aliphatic heterocycles. The predicted octanol–water partition coefficient (Wildman–Crippen LogP) is 1.84. The lowest BCUT2D eigenvalue weighted by molar-refractivity contribution is 0.139. The van der Waals surface area contributed by atoms with E-state index in [0.717, 1.165) is 18.5 Å². The van der Waals surface area contributed by atoms with Crippen LogP contribution in [0.1, 0.15) is 30.5 Å². The summed E-state index contributed by atoms with van der Waals surface area (Å²) in [5, 5.41) is 9.25. The van der Waals surface area contributed by atoms with Crippen molar-refractivity contribution in [3.8, 4) is 0 Å². The van der Waals surface area contributed by atoms with Gasteiger partial charge in [-0.2, -0.15) is 0 Å². The molecule has 0 saturated heterocycles. The number of rotatable bonds is 6. The van der Waals surface area contributed by atoms with Crippen molar-refractivity contribution in [3.63, 3.8) is 0 Å². The zero-order valence-electron chi connectivity index (χ0n) is 11.4. The van der Waals surface area contributed by atoms with E-state index in [0.29, 0.717) is 12.1 Å². The Morgan fingerprint density at radius 1 is 1.44 bits per heavy atom. The summed E-state index contributed by atoms with van der Waals surface area (Å²) < 4.78 is 13.4. The molecule has 0 saturated carbocycles. The molecule has 3 N–H and O–H groups in total. The largest absolute Gasteiger partial charge is 0.392 e. The Hall–Kier alpha value is -0.970. The molecule has 4 heteroatoms. The molecule has 0 radical (unpaired) electrons. The van der Waals surface area contributed by atoms with Gasteiger partial charge >= 0.3 is 0 Å². The fourth-order valence-electron chi connectivity index (χ4n) is 1.91. The number of benzene rings is 1. The monoisotopic (exact) mass is 254 g/mol. The molecule has 0 bridgehead atoms. The fourth-order valence-corrected chi connectivity index (χ4v) is 1.91. The molecule has 0 fully saturated rings. The molecule has 0 aliphatic carbocycles. The lowest BCUT2D eigenvalue weighted by Gasteiger charge is -2.20.